The van der Waals surface area contributed by atoms with Crippen LogP contribution in [0.25, 0.3) is 5.57 Å². The molecule has 10 nitrogen and oxygen atoms in total. The van der Waals surface area contributed by atoms with E-state index in [1.54, 1.807) is 18.2 Å². The maximum atomic E-state index is 13.3. The van der Waals surface area contributed by atoms with E-state index in [0.29, 0.717) is 35.8 Å². The van der Waals surface area contributed by atoms with Crippen LogP contribution in [0.15, 0.2) is 48.2 Å². The van der Waals surface area contributed by atoms with Crippen LogP contribution in [0, 0.1) is 10.1 Å². The first kappa shape index (κ1) is 24.7. The van der Waals surface area contributed by atoms with E-state index in [-0.39, 0.29) is 29.6 Å². The van der Waals surface area contributed by atoms with Crippen LogP contribution in [0.3, 0.4) is 0 Å². The Balaban J connectivity index is 1.96. The van der Waals surface area contributed by atoms with Crippen LogP contribution >= 0.6 is 0 Å². The van der Waals surface area contributed by atoms with Crippen molar-refractivity contribution in [3.05, 3.63) is 63.8 Å². The lowest BCUT2D eigenvalue weighted by Crippen LogP contribution is -2.34. The molecule has 1 N–H and O–H groups in total. The van der Waals surface area contributed by atoms with Crippen LogP contribution in [-0.4, -0.2) is 55.1 Å². The summed E-state index contributed by atoms with van der Waals surface area (Å²) >= 11 is 0. The van der Waals surface area contributed by atoms with Gasteiger partial charge in [-0.25, -0.2) is 0 Å². The molecule has 3 rings (SSSR count). The predicted molar refractivity (Wildman–Crippen MR) is 126 cm³/mol. The van der Waals surface area contributed by atoms with Gasteiger partial charge in [-0.2, -0.15) is 0 Å². The normalized spacial score (nSPS) is 13.6. The van der Waals surface area contributed by atoms with Gasteiger partial charge in [0.2, 0.25) is 0 Å². The quantitative estimate of drug-likeness (QED) is 0.229. The van der Waals surface area contributed by atoms with Crippen molar-refractivity contribution < 1.29 is 28.7 Å². The second kappa shape index (κ2) is 10.8. The summed E-state index contributed by atoms with van der Waals surface area (Å²) in [6.45, 7) is 4.40. The monoisotopic (exact) mass is 469 g/mol. The van der Waals surface area contributed by atoms with Crippen LogP contribution in [0.2, 0.25) is 0 Å². The fourth-order valence-corrected chi connectivity index (χ4v) is 3.51. The predicted octanol–water partition coefficient (Wildman–Crippen LogP) is 3.62. The molecule has 0 atom stereocenters. The maximum absolute atomic E-state index is 13.3. The molecule has 180 valence electrons. The number of non-ortho nitro benzene ring substituents is 1. The fraction of sp³-hybridized carbons (Fsp3) is 0.333. The number of nitro groups is 1. The minimum Gasteiger partial charge on any atom is -0.493 e. The molecule has 2 amide bonds. The van der Waals surface area contributed by atoms with E-state index in [0.717, 1.165) is 4.90 Å². The van der Waals surface area contributed by atoms with E-state index < -0.39 is 16.7 Å². The molecule has 0 saturated heterocycles. The molecule has 1 heterocycles. The minimum atomic E-state index is -0.524. The number of amides is 2. The zero-order chi connectivity index (χ0) is 24.8. The highest BCUT2D eigenvalue weighted by molar-refractivity contribution is 6.36. The van der Waals surface area contributed by atoms with E-state index >= 15 is 0 Å². The molecule has 0 unspecified atom stereocenters. The van der Waals surface area contributed by atoms with Gasteiger partial charge in [-0.3, -0.25) is 24.6 Å². The van der Waals surface area contributed by atoms with Gasteiger partial charge in [0.15, 0.2) is 11.5 Å². The van der Waals surface area contributed by atoms with Gasteiger partial charge in [-0.1, -0.05) is 0 Å². The van der Waals surface area contributed by atoms with E-state index in [2.05, 4.69) is 5.32 Å². The number of carbonyl (C=O) groups excluding carboxylic acids is 2. The lowest BCUT2D eigenvalue weighted by molar-refractivity contribution is -0.384. The smallest absolute Gasteiger partial charge is 0.278 e. The molecule has 1 aliphatic heterocycles. The Kier molecular flexibility index (Phi) is 7.85. The lowest BCUT2D eigenvalue weighted by Gasteiger charge is -2.16. The average molecular weight is 469 g/mol. The number of rotatable bonds is 11. The number of benzene rings is 2. The number of anilines is 1. The number of carbonyl (C=O) groups is 2. The third kappa shape index (κ3) is 5.34. The summed E-state index contributed by atoms with van der Waals surface area (Å²) in [5, 5.41) is 14.1. The first-order valence-corrected chi connectivity index (χ1v) is 10.7. The summed E-state index contributed by atoms with van der Waals surface area (Å²) in [5.74, 6) is -0.00765. The number of ether oxygens (including phenoxy) is 3. The number of imide groups is 1. The molecule has 34 heavy (non-hydrogen) atoms. The lowest BCUT2D eigenvalue weighted by atomic mass is 10.0. The number of methoxy groups -OCH3 is 2. The van der Waals surface area contributed by atoms with Crippen LogP contribution < -0.4 is 14.8 Å². The van der Waals surface area contributed by atoms with Gasteiger partial charge in [-0.15, -0.1) is 0 Å². The Morgan fingerprint density at radius 1 is 1.00 bits per heavy atom. The highest BCUT2D eigenvalue weighted by atomic mass is 16.6. The molecule has 2 aromatic carbocycles. The Morgan fingerprint density at radius 2 is 1.68 bits per heavy atom. The third-order valence-electron chi connectivity index (χ3n) is 5.16. The summed E-state index contributed by atoms with van der Waals surface area (Å²) in [7, 11) is 3.01. The van der Waals surface area contributed by atoms with Gasteiger partial charge in [0, 0.05) is 37.0 Å². The Hall–Kier alpha value is -3.92. The van der Waals surface area contributed by atoms with Gasteiger partial charge in [0.05, 0.1) is 30.8 Å². The molecule has 10 heteroatoms. The third-order valence-corrected chi connectivity index (χ3v) is 5.16. The summed E-state index contributed by atoms with van der Waals surface area (Å²) in [5.41, 5.74) is 1.01. The topological polar surface area (TPSA) is 120 Å². The second-order valence-electron chi connectivity index (χ2n) is 7.78. The molecule has 2 aromatic rings. The zero-order valence-electron chi connectivity index (χ0n) is 19.5. The fourth-order valence-electron chi connectivity index (χ4n) is 3.51. The molecule has 0 radical (unpaired) electrons. The molecule has 0 aliphatic carbocycles. The summed E-state index contributed by atoms with van der Waals surface area (Å²) in [4.78, 5) is 38.2. The first-order valence-electron chi connectivity index (χ1n) is 10.7. The highest BCUT2D eigenvalue weighted by Gasteiger charge is 2.39. The van der Waals surface area contributed by atoms with E-state index in [1.807, 2.05) is 13.8 Å². The van der Waals surface area contributed by atoms with Crippen molar-refractivity contribution in [3.63, 3.8) is 0 Å². The van der Waals surface area contributed by atoms with E-state index in [4.69, 9.17) is 14.2 Å². The van der Waals surface area contributed by atoms with E-state index in [1.165, 1.54) is 38.5 Å². The van der Waals surface area contributed by atoms with E-state index in [9.17, 15) is 19.7 Å². The Bertz CT molecular complexity index is 1110. The molecule has 0 aromatic heterocycles. The van der Waals surface area contributed by atoms with Gasteiger partial charge in [0.25, 0.3) is 17.5 Å². The van der Waals surface area contributed by atoms with Crippen LogP contribution in [0.1, 0.15) is 25.8 Å². The van der Waals surface area contributed by atoms with Crippen molar-refractivity contribution in [2.24, 2.45) is 0 Å². The van der Waals surface area contributed by atoms with Gasteiger partial charge in [0.1, 0.15) is 5.70 Å². The summed E-state index contributed by atoms with van der Waals surface area (Å²) < 4.78 is 16.1. The number of hydrogen-bond donors (Lipinski definition) is 1. The standard InChI is InChI=1S/C24H27N3O7/c1-15(2)34-13-5-12-26-23(28)21(16-6-9-18(10-7-16)27(30)31)22(24(26)29)25-17-8-11-19(32-3)20(14-17)33-4/h6-11,14-15,25H,5,12-13H2,1-4H3. The largest absolute Gasteiger partial charge is 0.493 e. The molecule has 0 fully saturated rings. The molecule has 1 aliphatic rings. The SMILES string of the molecule is COc1ccc(NC2=C(c3ccc([N+](=O)[O-])cc3)C(=O)N(CCCOC(C)C)C2=O)cc1OC. The second-order valence-corrected chi connectivity index (χ2v) is 7.78. The average Bonchev–Trinajstić information content (AvgIpc) is 3.05. The van der Waals surface area contributed by atoms with Gasteiger partial charge >= 0.3 is 0 Å². The van der Waals surface area contributed by atoms with Crippen molar-refractivity contribution in [1.29, 1.82) is 0 Å². The van der Waals surface area contributed by atoms with Crippen molar-refractivity contribution in [2.75, 3.05) is 32.7 Å². The van der Waals surface area contributed by atoms with Gasteiger partial charge in [-0.05, 0) is 50.1 Å². The molecular formula is C24H27N3O7. The molecule has 0 spiro atoms. The summed E-state index contributed by atoms with van der Waals surface area (Å²) in [6.07, 6.45) is 0.522. The Labute approximate surface area is 197 Å². The van der Waals surface area contributed by atoms with Gasteiger partial charge < -0.3 is 19.5 Å². The van der Waals surface area contributed by atoms with Crippen molar-refractivity contribution in [2.45, 2.75) is 26.4 Å². The number of nitrogens with one attached hydrogen (secondary N) is 1. The molecular weight excluding hydrogens is 442 g/mol. The van der Waals surface area contributed by atoms with Crippen molar-refractivity contribution in [1.82, 2.24) is 4.90 Å². The first-order chi connectivity index (χ1) is 16.3. The Morgan fingerprint density at radius 3 is 2.26 bits per heavy atom. The number of nitro benzene ring substituents is 1. The van der Waals surface area contributed by atoms with Crippen LogP contribution in [-0.2, 0) is 14.3 Å². The minimum absolute atomic E-state index is 0.0426. The van der Waals surface area contributed by atoms with Crippen LogP contribution in [0.4, 0.5) is 11.4 Å². The molecule has 0 saturated carbocycles. The van der Waals surface area contributed by atoms with Crippen LogP contribution in [0.5, 0.6) is 11.5 Å². The highest BCUT2D eigenvalue weighted by Crippen LogP contribution is 2.34. The number of nitrogens with zero attached hydrogens (tertiary/aromatic N) is 2. The number of hydrogen-bond acceptors (Lipinski definition) is 8. The van der Waals surface area contributed by atoms with Crippen molar-refractivity contribution in [3.8, 4) is 11.5 Å². The maximum Gasteiger partial charge on any atom is 0.278 e. The summed E-state index contributed by atoms with van der Waals surface area (Å²) in [6, 6.07) is 10.5. The molecule has 0 bridgehead atoms. The van der Waals surface area contributed by atoms with Crippen molar-refractivity contribution >= 4 is 28.8 Å². The zero-order valence-corrected chi connectivity index (χ0v) is 19.5.